The van der Waals surface area contributed by atoms with Crippen molar-refractivity contribution in [2.45, 2.75) is 20.4 Å². The van der Waals surface area contributed by atoms with Gasteiger partial charge in [-0.25, -0.2) is 0 Å². The number of aryl methyl sites for hydroxylation is 2. The molecule has 0 saturated carbocycles. The number of amides is 1. The van der Waals surface area contributed by atoms with E-state index in [0.29, 0.717) is 17.8 Å². The molecule has 5 heteroatoms. The lowest BCUT2D eigenvalue weighted by molar-refractivity contribution is 0.0783. The lowest BCUT2D eigenvalue weighted by Gasteiger charge is -2.18. The fourth-order valence-corrected chi connectivity index (χ4v) is 1.92. The molecule has 2 aromatic rings. The normalized spacial score (nSPS) is 10.3. The van der Waals surface area contributed by atoms with Crippen molar-refractivity contribution in [3.63, 3.8) is 0 Å². The molecule has 0 saturated heterocycles. The molecule has 1 aromatic carbocycles. The van der Waals surface area contributed by atoms with Crippen LogP contribution in [0.15, 0.2) is 30.3 Å². The zero-order chi connectivity index (χ0) is 14.7. The predicted molar refractivity (Wildman–Crippen MR) is 75.4 cm³/mol. The molecule has 2 rings (SSSR count). The summed E-state index contributed by atoms with van der Waals surface area (Å²) in [7, 11) is 1.74. The maximum absolute atomic E-state index is 12.4. The first kappa shape index (κ1) is 14.0. The van der Waals surface area contributed by atoms with Crippen molar-refractivity contribution in [1.82, 2.24) is 15.1 Å². The van der Waals surface area contributed by atoms with E-state index in [4.69, 9.17) is 0 Å². The number of nitrogens with zero attached hydrogens (tertiary/aromatic N) is 3. The number of phenols is 1. The number of aromatic hydroxyl groups is 1. The van der Waals surface area contributed by atoms with E-state index in [1.165, 1.54) is 0 Å². The van der Waals surface area contributed by atoms with Crippen LogP contribution in [-0.2, 0) is 6.54 Å². The standard InChI is InChI=1S/C15H17N3O2/c1-10-8-14(11(2)17-16-10)15(20)18(3)9-12-4-6-13(19)7-5-12/h4-8,19H,9H2,1-3H3. The molecular formula is C15H17N3O2. The summed E-state index contributed by atoms with van der Waals surface area (Å²) in [6, 6.07) is 8.55. The Labute approximate surface area is 117 Å². The zero-order valence-electron chi connectivity index (χ0n) is 11.8. The number of carbonyl (C=O) groups excluding carboxylic acids is 1. The molecule has 0 unspecified atom stereocenters. The number of hydrogen-bond acceptors (Lipinski definition) is 4. The minimum Gasteiger partial charge on any atom is -0.508 e. The van der Waals surface area contributed by atoms with Crippen molar-refractivity contribution >= 4 is 5.91 Å². The van der Waals surface area contributed by atoms with Gasteiger partial charge in [0, 0.05) is 13.6 Å². The van der Waals surface area contributed by atoms with Crippen LogP contribution in [0.4, 0.5) is 0 Å². The molecule has 0 radical (unpaired) electrons. The van der Waals surface area contributed by atoms with E-state index < -0.39 is 0 Å². The van der Waals surface area contributed by atoms with Gasteiger partial charge in [0.25, 0.3) is 5.91 Å². The molecule has 1 heterocycles. The third kappa shape index (κ3) is 3.12. The van der Waals surface area contributed by atoms with Gasteiger partial charge in [-0.2, -0.15) is 10.2 Å². The Morgan fingerprint density at radius 3 is 2.50 bits per heavy atom. The first-order chi connectivity index (χ1) is 9.47. The van der Waals surface area contributed by atoms with E-state index in [1.807, 2.05) is 6.92 Å². The quantitative estimate of drug-likeness (QED) is 0.928. The van der Waals surface area contributed by atoms with Crippen LogP contribution in [0.3, 0.4) is 0 Å². The second-order valence-corrected chi connectivity index (χ2v) is 4.81. The van der Waals surface area contributed by atoms with Crippen molar-refractivity contribution in [2.75, 3.05) is 7.05 Å². The van der Waals surface area contributed by atoms with E-state index >= 15 is 0 Å². The van der Waals surface area contributed by atoms with Crippen molar-refractivity contribution in [2.24, 2.45) is 0 Å². The highest BCUT2D eigenvalue weighted by Crippen LogP contribution is 2.14. The predicted octanol–water partition coefficient (Wildman–Crippen LogP) is 2.07. The molecule has 0 fully saturated rings. The van der Waals surface area contributed by atoms with Crippen LogP contribution in [-0.4, -0.2) is 33.2 Å². The molecule has 0 aliphatic rings. The summed E-state index contributed by atoms with van der Waals surface area (Å²) in [5, 5.41) is 17.1. The lowest BCUT2D eigenvalue weighted by atomic mass is 10.1. The van der Waals surface area contributed by atoms with Crippen LogP contribution in [0.1, 0.15) is 27.3 Å². The van der Waals surface area contributed by atoms with Crippen molar-refractivity contribution < 1.29 is 9.90 Å². The van der Waals surface area contributed by atoms with E-state index in [1.54, 1.807) is 49.2 Å². The molecule has 1 aromatic heterocycles. The van der Waals surface area contributed by atoms with Crippen LogP contribution >= 0.6 is 0 Å². The molecule has 1 amide bonds. The molecule has 0 bridgehead atoms. The number of carbonyl (C=O) groups is 1. The molecule has 20 heavy (non-hydrogen) atoms. The third-order valence-electron chi connectivity index (χ3n) is 3.03. The fraction of sp³-hybridized carbons (Fsp3) is 0.267. The number of aromatic nitrogens is 2. The highest BCUT2D eigenvalue weighted by molar-refractivity contribution is 5.95. The second kappa shape index (κ2) is 5.69. The van der Waals surface area contributed by atoms with E-state index in [2.05, 4.69) is 10.2 Å². The molecule has 0 spiro atoms. The summed E-state index contributed by atoms with van der Waals surface area (Å²) in [5.74, 6) is 0.126. The molecule has 5 nitrogen and oxygen atoms in total. The number of benzene rings is 1. The summed E-state index contributed by atoms with van der Waals surface area (Å²) in [4.78, 5) is 14.0. The Morgan fingerprint density at radius 2 is 1.85 bits per heavy atom. The van der Waals surface area contributed by atoms with Crippen LogP contribution in [0, 0.1) is 13.8 Å². The van der Waals surface area contributed by atoms with Gasteiger partial charge in [0.15, 0.2) is 0 Å². The molecule has 0 aliphatic carbocycles. The first-order valence-electron chi connectivity index (χ1n) is 6.31. The second-order valence-electron chi connectivity index (χ2n) is 4.81. The number of rotatable bonds is 3. The average Bonchev–Trinajstić information content (AvgIpc) is 2.43. The Hall–Kier alpha value is -2.43. The van der Waals surface area contributed by atoms with Gasteiger partial charge < -0.3 is 10.0 Å². The van der Waals surface area contributed by atoms with Gasteiger partial charge in [-0.15, -0.1) is 0 Å². The maximum Gasteiger partial charge on any atom is 0.255 e. The Kier molecular flexibility index (Phi) is 3.98. The van der Waals surface area contributed by atoms with Crippen LogP contribution < -0.4 is 0 Å². The Balaban J connectivity index is 2.16. The maximum atomic E-state index is 12.4. The van der Waals surface area contributed by atoms with Gasteiger partial charge in [-0.1, -0.05) is 12.1 Å². The van der Waals surface area contributed by atoms with Gasteiger partial charge in [-0.05, 0) is 37.6 Å². The minimum absolute atomic E-state index is 0.0893. The molecule has 0 atom stereocenters. The lowest BCUT2D eigenvalue weighted by Crippen LogP contribution is -2.27. The number of phenolic OH excluding ortho intramolecular Hbond substituents is 1. The van der Waals surface area contributed by atoms with Crippen LogP contribution in [0.2, 0.25) is 0 Å². The largest absolute Gasteiger partial charge is 0.508 e. The van der Waals surface area contributed by atoms with Gasteiger partial charge in [-0.3, -0.25) is 4.79 Å². The van der Waals surface area contributed by atoms with Crippen molar-refractivity contribution in [1.29, 1.82) is 0 Å². The molecule has 1 N–H and O–H groups in total. The topological polar surface area (TPSA) is 66.3 Å². The van der Waals surface area contributed by atoms with Crippen LogP contribution in [0.5, 0.6) is 5.75 Å². The minimum atomic E-state index is -0.0893. The highest BCUT2D eigenvalue weighted by Gasteiger charge is 2.16. The van der Waals surface area contributed by atoms with Crippen molar-refractivity contribution in [3.8, 4) is 5.75 Å². The summed E-state index contributed by atoms with van der Waals surface area (Å²) in [6.45, 7) is 4.05. The van der Waals surface area contributed by atoms with Gasteiger partial charge in [0.2, 0.25) is 0 Å². The van der Waals surface area contributed by atoms with Gasteiger partial charge in [0.1, 0.15) is 5.75 Å². The summed E-state index contributed by atoms with van der Waals surface area (Å²) < 4.78 is 0. The monoisotopic (exact) mass is 271 g/mol. The molecule has 104 valence electrons. The molecule has 0 aliphatic heterocycles. The third-order valence-corrected chi connectivity index (χ3v) is 3.03. The van der Waals surface area contributed by atoms with Gasteiger partial charge in [0.05, 0.1) is 17.0 Å². The number of hydrogen-bond donors (Lipinski definition) is 1. The fourth-order valence-electron chi connectivity index (χ4n) is 1.92. The Bertz CT molecular complexity index is 624. The smallest absolute Gasteiger partial charge is 0.255 e. The van der Waals surface area contributed by atoms with Gasteiger partial charge >= 0.3 is 0 Å². The first-order valence-corrected chi connectivity index (χ1v) is 6.31. The SMILES string of the molecule is Cc1cc(C(=O)N(C)Cc2ccc(O)cc2)c(C)nn1. The summed E-state index contributed by atoms with van der Waals surface area (Å²) >= 11 is 0. The van der Waals surface area contributed by atoms with E-state index in [0.717, 1.165) is 11.3 Å². The zero-order valence-corrected chi connectivity index (χ0v) is 11.8. The Morgan fingerprint density at radius 1 is 1.20 bits per heavy atom. The molecular weight excluding hydrogens is 254 g/mol. The highest BCUT2D eigenvalue weighted by atomic mass is 16.3. The van der Waals surface area contributed by atoms with Crippen molar-refractivity contribution in [3.05, 3.63) is 52.8 Å². The van der Waals surface area contributed by atoms with E-state index in [9.17, 15) is 9.90 Å². The van der Waals surface area contributed by atoms with E-state index in [-0.39, 0.29) is 11.7 Å². The summed E-state index contributed by atoms with van der Waals surface area (Å²) in [6.07, 6.45) is 0. The van der Waals surface area contributed by atoms with Crippen LogP contribution in [0.25, 0.3) is 0 Å². The average molecular weight is 271 g/mol. The summed E-state index contributed by atoms with van der Waals surface area (Å²) in [5.41, 5.74) is 2.86.